The average molecular weight is 454 g/mol. The number of methoxy groups -OCH3 is 1. The van der Waals surface area contributed by atoms with E-state index in [0.717, 1.165) is 5.56 Å². The first-order valence-corrected chi connectivity index (χ1v) is 9.10. The van der Waals surface area contributed by atoms with Crippen LogP contribution in [0, 0.1) is 0 Å². The van der Waals surface area contributed by atoms with Crippen molar-refractivity contribution in [1.82, 2.24) is 0 Å². The summed E-state index contributed by atoms with van der Waals surface area (Å²) in [6, 6.07) is 6.96. The molecule has 0 spiro atoms. The number of rotatable bonds is 10. The third-order valence-electron chi connectivity index (χ3n) is 3.14. The average Bonchev–Trinajstić information content (AvgIpc) is 2.64. The third kappa shape index (κ3) is 10.4. The molecule has 7 nitrogen and oxygen atoms in total. The molecule has 0 aliphatic carbocycles. The molecule has 1 rings (SSSR count). The number of esters is 3. The van der Waals surface area contributed by atoms with Crippen molar-refractivity contribution in [2.24, 2.45) is 0 Å². The maximum Gasteiger partial charge on any atom is 0.334 e. The Labute approximate surface area is 177 Å². The van der Waals surface area contributed by atoms with E-state index in [4.69, 9.17) is 49.0 Å². The lowest BCUT2D eigenvalue weighted by molar-refractivity contribution is -0.150. The van der Waals surface area contributed by atoms with Crippen LogP contribution in [0.25, 0.3) is 0 Å². The van der Waals surface area contributed by atoms with E-state index >= 15 is 0 Å². The number of benzene rings is 1. The summed E-state index contributed by atoms with van der Waals surface area (Å²) in [4.78, 5) is 34.9. The van der Waals surface area contributed by atoms with Crippen LogP contribution in [0.15, 0.2) is 36.4 Å². The third-order valence-corrected chi connectivity index (χ3v) is 3.47. The highest BCUT2D eigenvalue weighted by Crippen LogP contribution is 2.26. The smallest absolute Gasteiger partial charge is 0.334 e. The molecule has 0 aliphatic heterocycles. The highest BCUT2D eigenvalue weighted by molar-refractivity contribution is 6.67. The van der Waals surface area contributed by atoms with Crippen LogP contribution in [0.5, 0.6) is 5.75 Å². The molecule has 0 atom stereocenters. The van der Waals surface area contributed by atoms with Crippen molar-refractivity contribution in [2.75, 3.05) is 20.3 Å². The zero-order valence-electron chi connectivity index (χ0n) is 15.0. The second kappa shape index (κ2) is 11.8. The number of ether oxygens (including phenoxy) is 4. The van der Waals surface area contributed by atoms with Gasteiger partial charge in [-0.2, -0.15) is 0 Å². The zero-order valence-corrected chi connectivity index (χ0v) is 17.3. The molecule has 1 aromatic rings. The Morgan fingerprint density at radius 3 is 2.21 bits per heavy atom. The van der Waals surface area contributed by atoms with E-state index in [1.807, 2.05) is 0 Å². The Kier molecular flexibility index (Phi) is 10.1. The molecule has 28 heavy (non-hydrogen) atoms. The molecule has 0 fully saturated rings. The maximum atomic E-state index is 11.8. The molecule has 0 heterocycles. The Hall–Kier alpha value is -1.96. The van der Waals surface area contributed by atoms with E-state index in [2.05, 4.69) is 11.3 Å². The summed E-state index contributed by atoms with van der Waals surface area (Å²) in [6.45, 7) is 2.83. The largest absolute Gasteiger partial charge is 0.497 e. The van der Waals surface area contributed by atoms with Gasteiger partial charge in [-0.15, -0.1) is 0 Å². The van der Waals surface area contributed by atoms with Gasteiger partial charge in [-0.25, -0.2) is 4.79 Å². The standard InChI is InChI=1S/C18H19Cl3O7/c1-12(17(24)26-8-7-15(22)28-11-18(19,20)21)9-16(23)27-10-13-3-5-14(25-2)6-4-13/h3-6H,1,7-11H2,2H3. The van der Waals surface area contributed by atoms with Crippen LogP contribution in [0.2, 0.25) is 0 Å². The van der Waals surface area contributed by atoms with Gasteiger partial charge < -0.3 is 18.9 Å². The van der Waals surface area contributed by atoms with Crippen molar-refractivity contribution < 1.29 is 33.3 Å². The predicted molar refractivity (Wildman–Crippen MR) is 103 cm³/mol. The van der Waals surface area contributed by atoms with Gasteiger partial charge in [0.2, 0.25) is 3.79 Å². The summed E-state index contributed by atoms with van der Waals surface area (Å²) in [5.74, 6) is -1.48. The van der Waals surface area contributed by atoms with Crippen molar-refractivity contribution in [3.8, 4) is 5.75 Å². The monoisotopic (exact) mass is 452 g/mol. The minimum absolute atomic E-state index is 0.0419. The Bertz CT molecular complexity index is 696. The van der Waals surface area contributed by atoms with Crippen LogP contribution in [0.3, 0.4) is 0 Å². The fourth-order valence-electron chi connectivity index (χ4n) is 1.75. The molecule has 0 unspecified atom stereocenters. The van der Waals surface area contributed by atoms with E-state index in [1.165, 1.54) is 0 Å². The Morgan fingerprint density at radius 1 is 1.00 bits per heavy atom. The number of hydrogen-bond donors (Lipinski definition) is 0. The molecule has 0 bridgehead atoms. The van der Waals surface area contributed by atoms with Gasteiger partial charge in [0.1, 0.15) is 25.6 Å². The lowest BCUT2D eigenvalue weighted by Crippen LogP contribution is -2.19. The minimum Gasteiger partial charge on any atom is -0.497 e. The van der Waals surface area contributed by atoms with Crippen molar-refractivity contribution in [3.63, 3.8) is 0 Å². The van der Waals surface area contributed by atoms with Crippen LogP contribution in [0.4, 0.5) is 0 Å². The second-order valence-electron chi connectivity index (χ2n) is 5.45. The SMILES string of the molecule is C=C(CC(=O)OCc1ccc(OC)cc1)C(=O)OCCC(=O)OCC(Cl)(Cl)Cl. The van der Waals surface area contributed by atoms with Gasteiger partial charge in [-0.05, 0) is 17.7 Å². The van der Waals surface area contributed by atoms with Gasteiger partial charge in [0.05, 0.1) is 20.0 Å². The Morgan fingerprint density at radius 2 is 1.64 bits per heavy atom. The molecule has 0 saturated carbocycles. The first kappa shape index (κ1) is 24.1. The molecule has 1 aromatic carbocycles. The highest BCUT2D eigenvalue weighted by Gasteiger charge is 2.22. The van der Waals surface area contributed by atoms with Gasteiger partial charge in [-0.1, -0.05) is 53.5 Å². The Balaban J connectivity index is 2.26. The van der Waals surface area contributed by atoms with Crippen molar-refractivity contribution in [2.45, 2.75) is 23.2 Å². The van der Waals surface area contributed by atoms with Crippen LogP contribution in [0.1, 0.15) is 18.4 Å². The topological polar surface area (TPSA) is 88.1 Å². The predicted octanol–water partition coefficient (Wildman–Crippen LogP) is 3.53. The van der Waals surface area contributed by atoms with E-state index in [1.54, 1.807) is 31.4 Å². The van der Waals surface area contributed by atoms with E-state index in [9.17, 15) is 14.4 Å². The quantitative estimate of drug-likeness (QED) is 0.232. The normalized spacial score (nSPS) is 10.7. The molecular formula is C18H19Cl3O7. The number of halogens is 3. The summed E-state index contributed by atoms with van der Waals surface area (Å²) in [5, 5.41) is 0. The summed E-state index contributed by atoms with van der Waals surface area (Å²) in [5.41, 5.74) is 0.657. The number of carbonyl (C=O) groups excluding carboxylic acids is 3. The van der Waals surface area contributed by atoms with E-state index in [0.29, 0.717) is 5.75 Å². The van der Waals surface area contributed by atoms with E-state index in [-0.39, 0.29) is 31.6 Å². The summed E-state index contributed by atoms with van der Waals surface area (Å²) < 4.78 is 17.9. The first-order valence-electron chi connectivity index (χ1n) is 7.96. The minimum atomic E-state index is -1.72. The van der Waals surface area contributed by atoms with Crippen molar-refractivity contribution in [1.29, 1.82) is 0 Å². The van der Waals surface area contributed by atoms with Gasteiger partial charge in [0, 0.05) is 5.57 Å². The molecule has 0 N–H and O–H groups in total. The molecule has 0 aliphatic rings. The number of hydrogen-bond acceptors (Lipinski definition) is 7. The van der Waals surface area contributed by atoms with Gasteiger partial charge in [0.25, 0.3) is 0 Å². The molecule has 0 aromatic heterocycles. The zero-order chi connectivity index (χ0) is 21.2. The van der Waals surface area contributed by atoms with Gasteiger partial charge in [0.15, 0.2) is 0 Å². The fourth-order valence-corrected chi connectivity index (χ4v) is 1.91. The number of alkyl halides is 3. The van der Waals surface area contributed by atoms with Crippen LogP contribution < -0.4 is 4.74 Å². The van der Waals surface area contributed by atoms with Crippen LogP contribution >= 0.6 is 34.8 Å². The molecule has 154 valence electrons. The lowest BCUT2D eigenvalue weighted by atomic mass is 10.2. The van der Waals surface area contributed by atoms with Gasteiger partial charge in [-0.3, -0.25) is 9.59 Å². The molecular weight excluding hydrogens is 435 g/mol. The number of carbonyl (C=O) groups is 3. The van der Waals surface area contributed by atoms with Crippen LogP contribution in [-0.2, 0) is 35.2 Å². The van der Waals surface area contributed by atoms with Crippen molar-refractivity contribution in [3.05, 3.63) is 42.0 Å². The molecule has 0 saturated heterocycles. The second-order valence-corrected chi connectivity index (χ2v) is 7.97. The molecule has 0 radical (unpaired) electrons. The summed E-state index contributed by atoms with van der Waals surface area (Å²) >= 11 is 16.3. The maximum absolute atomic E-state index is 11.8. The first-order chi connectivity index (χ1) is 13.1. The van der Waals surface area contributed by atoms with Crippen molar-refractivity contribution >= 4 is 52.7 Å². The van der Waals surface area contributed by atoms with E-state index < -0.39 is 28.3 Å². The highest BCUT2D eigenvalue weighted by atomic mass is 35.6. The molecule has 0 amide bonds. The lowest BCUT2D eigenvalue weighted by Gasteiger charge is -2.11. The van der Waals surface area contributed by atoms with Gasteiger partial charge >= 0.3 is 17.9 Å². The summed E-state index contributed by atoms with van der Waals surface area (Å²) in [6.07, 6.45) is -0.575. The summed E-state index contributed by atoms with van der Waals surface area (Å²) in [7, 11) is 1.55. The molecule has 10 heteroatoms. The van der Waals surface area contributed by atoms with Crippen LogP contribution in [-0.4, -0.2) is 42.0 Å². The fraction of sp³-hybridized carbons (Fsp3) is 0.389.